The van der Waals surface area contributed by atoms with Gasteiger partial charge in [-0.2, -0.15) is 0 Å². The van der Waals surface area contributed by atoms with Crippen LogP contribution >= 0.6 is 11.6 Å². The maximum absolute atomic E-state index is 11.8. The SMILES string of the molecule is COc1cc(/C=C/C(=O)OCC(=O)NCc2cccc(Cl)c2)ccc1OC(C)C. The van der Waals surface area contributed by atoms with Crippen molar-refractivity contribution in [2.45, 2.75) is 26.5 Å². The summed E-state index contributed by atoms with van der Waals surface area (Å²) < 4.78 is 15.9. The van der Waals surface area contributed by atoms with Crippen LogP contribution in [0, 0.1) is 0 Å². The Balaban J connectivity index is 1.82. The van der Waals surface area contributed by atoms with Gasteiger partial charge in [-0.25, -0.2) is 4.79 Å². The number of halogens is 1. The quantitative estimate of drug-likeness (QED) is 0.493. The molecule has 0 unspecified atom stereocenters. The number of methoxy groups -OCH3 is 1. The highest BCUT2D eigenvalue weighted by Gasteiger charge is 2.08. The summed E-state index contributed by atoms with van der Waals surface area (Å²) in [5.41, 5.74) is 1.59. The second kappa shape index (κ2) is 11.1. The van der Waals surface area contributed by atoms with Crippen molar-refractivity contribution < 1.29 is 23.8 Å². The van der Waals surface area contributed by atoms with Gasteiger partial charge >= 0.3 is 5.97 Å². The Morgan fingerprint density at radius 2 is 1.93 bits per heavy atom. The van der Waals surface area contributed by atoms with Gasteiger partial charge in [0.25, 0.3) is 5.91 Å². The normalized spacial score (nSPS) is 10.8. The van der Waals surface area contributed by atoms with E-state index in [2.05, 4.69) is 5.32 Å². The molecule has 2 rings (SSSR count). The molecule has 2 aromatic rings. The van der Waals surface area contributed by atoms with E-state index in [0.29, 0.717) is 23.1 Å². The second-order valence-corrected chi connectivity index (χ2v) is 6.86. The molecule has 29 heavy (non-hydrogen) atoms. The molecule has 1 N–H and O–H groups in total. The Bertz CT molecular complexity index is 879. The van der Waals surface area contributed by atoms with Crippen molar-refractivity contribution in [1.29, 1.82) is 0 Å². The molecule has 6 nitrogen and oxygen atoms in total. The highest BCUT2D eigenvalue weighted by Crippen LogP contribution is 2.29. The van der Waals surface area contributed by atoms with Crippen molar-refractivity contribution in [3.8, 4) is 11.5 Å². The molecule has 0 bridgehead atoms. The first-order valence-corrected chi connectivity index (χ1v) is 9.46. The predicted molar refractivity (Wildman–Crippen MR) is 112 cm³/mol. The van der Waals surface area contributed by atoms with Crippen LogP contribution < -0.4 is 14.8 Å². The van der Waals surface area contributed by atoms with Gasteiger partial charge in [0.05, 0.1) is 13.2 Å². The van der Waals surface area contributed by atoms with Crippen LogP contribution in [0.4, 0.5) is 0 Å². The van der Waals surface area contributed by atoms with Gasteiger partial charge in [0, 0.05) is 17.6 Å². The smallest absolute Gasteiger partial charge is 0.331 e. The number of nitrogens with one attached hydrogen (secondary N) is 1. The van der Waals surface area contributed by atoms with E-state index in [1.807, 2.05) is 19.9 Å². The zero-order chi connectivity index (χ0) is 21.2. The van der Waals surface area contributed by atoms with Gasteiger partial charge in [-0.3, -0.25) is 4.79 Å². The van der Waals surface area contributed by atoms with Gasteiger partial charge in [-0.15, -0.1) is 0 Å². The second-order valence-electron chi connectivity index (χ2n) is 6.42. The van der Waals surface area contributed by atoms with Crippen LogP contribution in [0.5, 0.6) is 11.5 Å². The van der Waals surface area contributed by atoms with Crippen molar-refractivity contribution in [1.82, 2.24) is 5.32 Å². The number of ether oxygens (including phenoxy) is 3. The van der Waals surface area contributed by atoms with E-state index >= 15 is 0 Å². The van der Waals surface area contributed by atoms with Crippen LogP contribution in [0.1, 0.15) is 25.0 Å². The minimum Gasteiger partial charge on any atom is -0.493 e. The monoisotopic (exact) mass is 417 g/mol. The number of esters is 1. The number of carbonyl (C=O) groups excluding carboxylic acids is 2. The topological polar surface area (TPSA) is 73.9 Å². The third-order valence-electron chi connectivity index (χ3n) is 3.69. The van der Waals surface area contributed by atoms with Crippen molar-refractivity contribution in [3.63, 3.8) is 0 Å². The summed E-state index contributed by atoms with van der Waals surface area (Å²) in [6.45, 7) is 3.79. The molecule has 0 spiro atoms. The number of rotatable bonds is 9. The molecular weight excluding hydrogens is 394 g/mol. The van der Waals surface area contributed by atoms with Crippen LogP contribution in [-0.4, -0.2) is 31.7 Å². The van der Waals surface area contributed by atoms with Crippen molar-refractivity contribution in [2.75, 3.05) is 13.7 Å². The molecule has 0 aromatic heterocycles. The fourth-order valence-electron chi connectivity index (χ4n) is 2.39. The van der Waals surface area contributed by atoms with E-state index < -0.39 is 11.9 Å². The molecule has 0 aliphatic heterocycles. The molecule has 0 atom stereocenters. The number of amides is 1. The van der Waals surface area contributed by atoms with Crippen LogP contribution in [0.3, 0.4) is 0 Å². The van der Waals surface area contributed by atoms with Crippen LogP contribution in [-0.2, 0) is 20.9 Å². The van der Waals surface area contributed by atoms with Crippen LogP contribution in [0.15, 0.2) is 48.5 Å². The fourth-order valence-corrected chi connectivity index (χ4v) is 2.60. The van der Waals surface area contributed by atoms with Gasteiger partial charge < -0.3 is 19.5 Å². The minimum absolute atomic E-state index is 0.0188. The minimum atomic E-state index is -0.621. The lowest BCUT2D eigenvalue weighted by atomic mass is 10.2. The first kappa shape index (κ1) is 22.3. The van der Waals surface area contributed by atoms with E-state index in [1.54, 1.807) is 49.6 Å². The molecule has 0 heterocycles. The summed E-state index contributed by atoms with van der Waals surface area (Å²) in [5.74, 6) is 0.168. The lowest BCUT2D eigenvalue weighted by Crippen LogP contribution is -2.28. The standard InChI is InChI=1S/C22H24ClNO5/c1-15(2)29-19-9-7-16(12-20(19)27-3)8-10-22(26)28-14-21(25)24-13-17-5-4-6-18(23)11-17/h4-12,15H,13-14H2,1-3H3,(H,24,25)/b10-8+. The van der Waals surface area contributed by atoms with E-state index in [9.17, 15) is 9.59 Å². The molecule has 1 amide bonds. The molecule has 0 saturated carbocycles. The summed E-state index contributed by atoms with van der Waals surface area (Å²) in [7, 11) is 1.55. The van der Waals surface area contributed by atoms with Crippen molar-refractivity contribution in [3.05, 3.63) is 64.7 Å². The first-order valence-electron chi connectivity index (χ1n) is 9.08. The number of hydrogen-bond donors (Lipinski definition) is 1. The summed E-state index contributed by atoms with van der Waals surface area (Å²) in [4.78, 5) is 23.7. The van der Waals surface area contributed by atoms with Crippen LogP contribution in [0.2, 0.25) is 5.02 Å². The van der Waals surface area contributed by atoms with E-state index in [4.69, 9.17) is 25.8 Å². The van der Waals surface area contributed by atoms with Gasteiger partial charge in [0.2, 0.25) is 0 Å². The van der Waals surface area contributed by atoms with Gasteiger partial charge in [-0.1, -0.05) is 29.8 Å². The lowest BCUT2D eigenvalue weighted by Gasteiger charge is -2.13. The van der Waals surface area contributed by atoms with Gasteiger partial charge in [0.15, 0.2) is 18.1 Å². The third kappa shape index (κ3) is 7.87. The molecule has 2 aromatic carbocycles. The summed E-state index contributed by atoms with van der Waals surface area (Å²) in [6.07, 6.45) is 2.85. The Morgan fingerprint density at radius 3 is 2.62 bits per heavy atom. The van der Waals surface area contributed by atoms with Crippen molar-refractivity contribution >= 4 is 29.6 Å². The predicted octanol–water partition coefficient (Wildman–Crippen LogP) is 4.01. The largest absolute Gasteiger partial charge is 0.493 e. The maximum atomic E-state index is 11.8. The molecule has 0 fully saturated rings. The molecule has 0 aliphatic carbocycles. The van der Waals surface area contributed by atoms with E-state index in [-0.39, 0.29) is 12.7 Å². The molecule has 0 saturated heterocycles. The lowest BCUT2D eigenvalue weighted by molar-refractivity contribution is -0.143. The molecular formula is C22H24ClNO5. The molecule has 0 radical (unpaired) electrons. The third-order valence-corrected chi connectivity index (χ3v) is 3.92. The average molecular weight is 418 g/mol. The Morgan fingerprint density at radius 1 is 1.14 bits per heavy atom. The summed E-state index contributed by atoms with van der Waals surface area (Å²) in [6, 6.07) is 12.5. The molecule has 154 valence electrons. The van der Waals surface area contributed by atoms with E-state index in [1.165, 1.54) is 6.08 Å². The van der Waals surface area contributed by atoms with E-state index in [0.717, 1.165) is 11.1 Å². The maximum Gasteiger partial charge on any atom is 0.331 e. The highest BCUT2D eigenvalue weighted by molar-refractivity contribution is 6.30. The Labute approximate surface area is 175 Å². The summed E-state index contributed by atoms with van der Waals surface area (Å²) in [5, 5.41) is 3.25. The van der Waals surface area contributed by atoms with Crippen LogP contribution in [0.25, 0.3) is 6.08 Å². The summed E-state index contributed by atoms with van der Waals surface area (Å²) >= 11 is 5.89. The Hall–Kier alpha value is -2.99. The van der Waals surface area contributed by atoms with Gasteiger partial charge in [0.1, 0.15) is 0 Å². The number of benzene rings is 2. The zero-order valence-electron chi connectivity index (χ0n) is 16.6. The Kier molecular flexibility index (Phi) is 8.55. The average Bonchev–Trinajstić information content (AvgIpc) is 2.69. The highest BCUT2D eigenvalue weighted by atomic mass is 35.5. The number of carbonyl (C=O) groups is 2. The first-order chi connectivity index (χ1) is 13.9. The fraction of sp³-hybridized carbons (Fsp3) is 0.273. The van der Waals surface area contributed by atoms with Crippen molar-refractivity contribution in [2.24, 2.45) is 0 Å². The van der Waals surface area contributed by atoms with Gasteiger partial charge in [-0.05, 0) is 55.3 Å². The molecule has 0 aliphatic rings. The molecule has 7 heteroatoms. The number of hydrogen-bond acceptors (Lipinski definition) is 5. The zero-order valence-corrected chi connectivity index (χ0v) is 17.4.